The van der Waals surface area contributed by atoms with Crippen LogP contribution in [0, 0.1) is 17.3 Å². The molecule has 0 saturated heterocycles. The summed E-state index contributed by atoms with van der Waals surface area (Å²) in [5.41, 5.74) is 7.06. The van der Waals surface area contributed by atoms with E-state index in [0.717, 1.165) is 6.54 Å². The molecule has 0 aliphatic heterocycles. The van der Waals surface area contributed by atoms with Crippen molar-refractivity contribution in [2.45, 2.75) is 79.2 Å². The maximum Gasteiger partial charge on any atom is 0.0332 e. The van der Waals surface area contributed by atoms with E-state index >= 15 is 0 Å². The smallest absolute Gasteiger partial charge is 0.0332 e. The second-order valence-corrected chi connectivity index (χ2v) is 8.64. The van der Waals surface area contributed by atoms with Crippen molar-refractivity contribution in [1.82, 2.24) is 4.90 Å². The molecule has 0 spiro atoms. The lowest BCUT2D eigenvalue weighted by Gasteiger charge is -2.45. The fourth-order valence-electron chi connectivity index (χ4n) is 3.71. The number of nitrogens with zero attached hydrogens (tertiary/aromatic N) is 1. The van der Waals surface area contributed by atoms with Gasteiger partial charge in [-0.05, 0) is 42.9 Å². The molecular weight excluding hydrogens is 244 g/mol. The lowest BCUT2D eigenvalue weighted by Crippen LogP contribution is -2.56. The first-order valence-electron chi connectivity index (χ1n) is 8.66. The van der Waals surface area contributed by atoms with Crippen LogP contribution in [0.3, 0.4) is 0 Å². The second kappa shape index (κ2) is 7.26. The van der Waals surface area contributed by atoms with Crippen molar-refractivity contribution in [3.63, 3.8) is 0 Å². The molecule has 0 radical (unpaired) electrons. The second-order valence-electron chi connectivity index (χ2n) is 8.64. The van der Waals surface area contributed by atoms with E-state index < -0.39 is 0 Å². The molecule has 2 heteroatoms. The summed E-state index contributed by atoms with van der Waals surface area (Å²) in [6.07, 6.45) is 6.56. The summed E-state index contributed by atoms with van der Waals surface area (Å²) in [4.78, 5) is 2.74. The minimum Gasteiger partial charge on any atom is -0.329 e. The van der Waals surface area contributed by atoms with E-state index in [1.807, 2.05) is 0 Å². The van der Waals surface area contributed by atoms with Gasteiger partial charge in [0.05, 0.1) is 0 Å². The van der Waals surface area contributed by atoms with Gasteiger partial charge in [-0.1, -0.05) is 48.0 Å². The van der Waals surface area contributed by atoms with Crippen molar-refractivity contribution in [3.05, 3.63) is 0 Å². The molecule has 120 valence electrons. The van der Waals surface area contributed by atoms with Crippen LogP contribution in [0.25, 0.3) is 0 Å². The average Bonchev–Trinajstić information content (AvgIpc) is 2.46. The zero-order chi connectivity index (χ0) is 15.4. The molecule has 1 rings (SSSR count). The molecule has 2 N–H and O–H groups in total. The number of hydrogen-bond acceptors (Lipinski definition) is 2. The highest BCUT2D eigenvalue weighted by Crippen LogP contribution is 2.40. The standard InChI is InChI=1S/C18H38N2/c1-15(2)12-20(13-16(3)4)18(14-19)9-7-8-17(5,6)10-11-18/h15-16H,7-14,19H2,1-6H3. The van der Waals surface area contributed by atoms with Gasteiger partial charge in [0.15, 0.2) is 0 Å². The monoisotopic (exact) mass is 282 g/mol. The molecule has 0 heterocycles. The Balaban J connectivity index is 2.91. The summed E-state index contributed by atoms with van der Waals surface area (Å²) in [6.45, 7) is 17.4. The zero-order valence-corrected chi connectivity index (χ0v) is 14.8. The van der Waals surface area contributed by atoms with E-state index in [9.17, 15) is 0 Å². The Kier molecular flexibility index (Phi) is 6.53. The summed E-state index contributed by atoms with van der Waals surface area (Å²) >= 11 is 0. The molecule has 1 fully saturated rings. The Hall–Kier alpha value is -0.0800. The molecule has 1 atom stereocenters. The topological polar surface area (TPSA) is 29.3 Å². The predicted molar refractivity (Wildman–Crippen MR) is 89.9 cm³/mol. The SMILES string of the molecule is CC(C)CN(CC(C)C)C1(CN)CCCC(C)(C)CC1. The third-order valence-electron chi connectivity index (χ3n) is 4.98. The van der Waals surface area contributed by atoms with Gasteiger partial charge < -0.3 is 5.73 Å². The molecule has 1 aliphatic rings. The van der Waals surface area contributed by atoms with E-state index in [-0.39, 0.29) is 5.54 Å². The van der Waals surface area contributed by atoms with Crippen LogP contribution in [-0.4, -0.2) is 30.1 Å². The maximum absolute atomic E-state index is 6.31. The van der Waals surface area contributed by atoms with Crippen molar-refractivity contribution in [3.8, 4) is 0 Å². The zero-order valence-electron chi connectivity index (χ0n) is 14.8. The third-order valence-corrected chi connectivity index (χ3v) is 4.98. The molecule has 0 aromatic carbocycles. The van der Waals surface area contributed by atoms with Crippen molar-refractivity contribution >= 4 is 0 Å². The fraction of sp³-hybridized carbons (Fsp3) is 1.00. The van der Waals surface area contributed by atoms with Crippen molar-refractivity contribution < 1.29 is 0 Å². The van der Waals surface area contributed by atoms with Gasteiger partial charge >= 0.3 is 0 Å². The van der Waals surface area contributed by atoms with Crippen LogP contribution in [0.1, 0.15) is 73.6 Å². The van der Waals surface area contributed by atoms with Crippen molar-refractivity contribution in [2.75, 3.05) is 19.6 Å². The van der Waals surface area contributed by atoms with Crippen LogP contribution in [0.2, 0.25) is 0 Å². The Bertz CT molecular complexity index is 273. The number of hydrogen-bond donors (Lipinski definition) is 1. The van der Waals surface area contributed by atoms with Gasteiger partial charge in [-0.3, -0.25) is 4.90 Å². The van der Waals surface area contributed by atoms with Crippen LogP contribution in [0.4, 0.5) is 0 Å². The number of nitrogens with two attached hydrogens (primary N) is 1. The Morgan fingerprint density at radius 3 is 1.90 bits per heavy atom. The largest absolute Gasteiger partial charge is 0.329 e. The molecule has 0 bridgehead atoms. The highest BCUT2D eigenvalue weighted by atomic mass is 15.2. The summed E-state index contributed by atoms with van der Waals surface area (Å²) in [7, 11) is 0. The first kappa shape index (κ1) is 18.0. The predicted octanol–water partition coefficient (Wildman–Crippen LogP) is 4.29. The molecule has 1 unspecified atom stereocenters. The van der Waals surface area contributed by atoms with Crippen molar-refractivity contribution in [2.24, 2.45) is 23.0 Å². The first-order valence-corrected chi connectivity index (χ1v) is 8.66. The minimum atomic E-state index is 0.252. The normalized spacial score (nSPS) is 27.3. The number of rotatable bonds is 6. The third kappa shape index (κ3) is 5.04. The Labute approximate surface area is 127 Å². The molecular formula is C18H38N2. The molecule has 20 heavy (non-hydrogen) atoms. The summed E-state index contributed by atoms with van der Waals surface area (Å²) in [6, 6.07) is 0. The molecule has 0 aromatic rings. The Morgan fingerprint density at radius 2 is 1.45 bits per heavy atom. The van der Waals surface area contributed by atoms with E-state index in [4.69, 9.17) is 5.73 Å². The average molecular weight is 283 g/mol. The van der Waals surface area contributed by atoms with Crippen LogP contribution in [0.5, 0.6) is 0 Å². The van der Waals surface area contributed by atoms with E-state index in [2.05, 4.69) is 46.4 Å². The van der Waals surface area contributed by atoms with Gasteiger partial charge in [-0.2, -0.15) is 0 Å². The van der Waals surface area contributed by atoms with Crippen LogP contribution >= 0.6 is 0 Å². The van der Waals surface area contributed by atoms with Gasteiger partial charge in [-0.15, -0.1) is 0 Å². The van der Waals surface area contributed by atoms with Gasteiger partial charge in [-0.25, -0.2) is 0 Å². The van der Waals surface area contributed by atoms with Crippen LogP contribution in [-0.2, 0) is 0 Å². The maximum atomic E-state index is 6.31. The quantitative estimate of drug-likeness (QED) is 0.736. The van der Waals surface area contributed by atoms with E-state index in [0.29, 0.717) is 17.3 Å². The summed E-state index contributed by atoms with van der Waals surface area (Å²) in [5.74, 6) is 1.43. The Morgan fingerprint density at radius 1 is 0.900 bits per heavy atom. The van der Waals surface area contributed by atoms with Gasteiger partial charge in [0, 0.05) is 25.2 Å². The molecule has 1 aliphatic carbocycles. The van der Waals surface area contributed by atoms with E-state index in [1.54, 1.807) is 0 Å². The van der Waals surface area contributed by atoms with Crippen LogP contribution < -0.4 is 5.73 Å². The summed E-state index contributed by atoms with van der Waals surface area (Å²) < 4.78 is 0. The van der Waals surface area contributed by atoms with Gasteiger partial charge in [0.1, 0.15) is 0 Å². The van der Waals surface area contributed by atoms with Gasteiger partial charge in [0.2, 0.25) is 0 Å². The first-order chi connectivity index (χ1) is 9.21. The molecule has 0 amide bonds. The van der Waals surface area contributed by atoms with Crippen molar-refractivity contribution in [1.29, 1.82) is 0 Å². The lowest BCUT2D eigenvalue weighted by atomic mass is 9.82. The highest BCUT2D eigenvalue weighted by molar-refractivity contribution is 4.96. The fourth-order valence-corrected chi connectivity index (χ4v) is 3.71. The molecule has 0 aromatic heterocycles. The summed E-state index contributed by atoms with van der Waals surface area (Å²) in [5, 5.41) is 0. The minimum absolute atomic E-state index is 0.252. The van der Waals surface area contributed by atoms with Gasteiger partial charge in [0.25, 0.3) is 0 Å². The molecule has 1 saturated carbocycles. The highest BCUT2D eigenvalue weighted by Gasteiger charge is 2.39. The lowest BCUT2D eigenvalue weighted by molar-refractivity contribution is 0.0520. The molecule has 2 nitrogen and oxygen atoms in total. The van der Waals surface area contributed by atoms with E-state index in [1.165, 1.54) is 45.2 Å². The van der Waals surface area contributed by atoms with Crippen LogP contribution in [0.15, 0.2) is 0 Å².